The van der Waals surface area contributed by atoms with Gasteiger partial charge in [0.1, 0.15) is 11.5 Å². The molecule has 15 heavy (non-hydrogen) atoms. The Balaban J connectivity index is 3.55. The molecule has 0 bridgehead atoms. The third-order valence-corrected chi connectivity index (χ3v) is 2.62. The van der Waals surface area contributed by atoms with Crippen molar-refractivity contribution in [2.45, 2.75) is 46.0 Å². The quantitative estimate of drug-likeness (QED) is 0.331. The van der Waals surface area contributed by atoms with Gasteiger partial charge in [0.15, 0.2) is 0 Å². The highest BCUT2D eigenvalue weighted by atomic mass is 79.9. The number of ether oxygens (including phenoxy) is 1. The van der Waals surface area contributed by atoms with Gasteiger partial charge in [-0.05, 0) is 25.8 Å². The van der Waals surface area contributed by atoms with E-state index in [-0.39, 0.29) is 0 Å². The van der Waals surface area contributed by atoms with E-state index in [0.29, 0.717) is 5.76 Å². The van der Waals surface area contributed by atoms with Gasteiger partial charge in [-0.15, -0.1) is 0 Å². The molecule has 0 aliphatic heterocycles. The van der Waals surface area contributed by atoms with Crippen molar-refractivity contribution in [2.24, 2.45) is 0 Å². The van der Waals surface area contributed by atoms with Gasteiger partial charge in [-0.25, -0.2) is 0 Å². The van der Waals surface area contributed by atoms with Crippen molar-refractivity contribution in [1.29, 1.82) is 0 Å². The molecule has 0 fully saturated rings. The summed E-state index contributed by atoms with van der Waals surface area (Å²) < 4.78 is 5.36. The van der Waals surface area contributed by atoms with Crippen LogP contribution < -0.4 is 0 Å². The average molecular weight is 273 g/mol. The predicted molar refractivity (Wildman–Crippen MR) is 70.8 cm³/mol. The molecular weight excluding hydrogens is 252 g/mol. The monoisotopic (exact) mass is 272 g/mol. The van der Waals surface area contributed by atoms with Crippen molar-refractivity contribution in [3.05, 3.63) is 35.2 Å². The number of hydrogen-bond acceptors (Lipinski definition) is 1. The molecule has 0 amide bonds. The number of hydrogen-bond donors (Lipinski definition) is 0. The minimum atomic E-state index is 0.693. The Labute approximate surface area is 102 Å². The van der Waals surface area contributed by atoms with E-state index in [1.54, 1.807) is 4.99 Å². The maximum Gasteiger partial charge on any atom is 0.119 e. The minimum absolute atomic E-state index is 0.693. The van der Waals surface area contributed by atoms with Crippen LogP contribution in [0, 0.1) is 0 Å². The first kappa shape index (κ1) is 14.5. The Bertz CT molecular complexity index is 229. The summed E-state index contributed by atoms with van der Waals surface area (Å²) in [7, 11) is 0. The van der Waals surface area contributed by atoms with Crippen LogP contribution in [-0.4, -0.2) is 0 Å². The zero-order chi connectivity index (χ0) is 11.5. The zero-order valence-corrected chi connectivity index (χ0v) is 11.3. The molecule has 0 aromatic rings. The first-order chi connectivity index (χ1) is 7.20. The molecule has 2 heteroatoms. The Morgan fingerprint density at radius 3 is 2.67 bits per heavy atom. The van der Waals surface area contributed by atoms with Crippen LogP contribution in [0.1, 0.15) is 46.0 Å². The standard InChI is InChI=1S/C13H21BrO/c1-4-5-6-7-8-9-10-12(2)15-13(3)11-14/h9-11H,2,4-8H2,1,3H3/b10-9+,13-11-. The molecule has 86 valence electrons. The molecule has 1 nitrogen and oxygen atoms in total. The maximum atomic E-state index is 5.36. The summed E-state index contributed by atoms with van der Waals surface area (Å²) >= 11 is 3.20. The molecule has 0 saturated heterocycles. The fourth-order valence-corrected chi connectivity index (χ4v) is 1.26. The highest BCUT2D eigenvalue weighted by Crippen LogP contribution is 2.08. The molecule has 0 spiro atoms. The van der Waals surface area contributed by atoms with Crippen molar-refractivity contribution in [3.63, 3.8) is 0 Å². The predicted octanol–water partition coefficient (Wildman–Crippen LogP) is 5.30. The van der Waals surface area contributed by atoms with E-state index in [0.717, 1.165) is 12.2 Å². The van der Waals surface area contributed by atoms with E-state index >= 15 is 0 Å². The first-order valence-corrected chi connectivity index (χ1v) is 6.42. The highest BCUT2D eigenvalue weighted by Gasteiger charge is 1.90. The number of rotatable bonds is 8. The maximum absolute atomic E-state index is 5.36. The lowest BCUT2D eigenvalue weighted by Gasteiger charge is -2.03. The van der Waals surface area contributed by atoms with Crippen LogP contribution >= 0.6 is 15.9 Å². The summed E-state index contributed by atoms with van der Waals surface area (Å²) in [5.41, 5.74) is 0. The first-order valence-electron chi connectivity index (χ1n) is 5.51. The van der Waals surface area contributed by atoms with Gasteiger partial charge in [0.25, 0.3) is 0 Å². The van der Waals surface area contributed by atoms with Crippen molar-refractivity contribution >= 4 is 15.9 Å². The topological polar surface area (TPSA) is 9.23 Å². The second kappa shape index (κ2) is 10.0. The van der Waals surface area contributed by atoms with Crippen molar-refractivity contribution in [3.8, 4) is 0 Å². The van der Waals surface area contributed by atoms with Gasteiger partial charge in [-0.3, -0.25) is 0 Å². The Morgan fingerprint density at radius 1 is 1.33 bits per heavy atom. The van der Waals surface area contributed by atoms with E-state index in [9.17, 15) is 0 Å². The van der Waals surface area contributed by atoms with Crippen molar-refractivity contribution in [2.75, 3.05) is 0 Å². The number of halogens is 1. The smallest absolute Gasteiger partial charge is 0.119 e. The second-order valence-electron chi connectivity index (χ2n) is 3.54. The number of unbranched alkanes of at least 4 members (excludes halogenated alkanes) is 4. The van der Waals surface area contributed by atoms with E-state index in [1.165, 1.54) is 25.7 Å². The molecular formula is C13H21BrO. The third kappa shape index (κ3) is 9.80. The van der Waals surface area contributed by atoms with Gasteiger partial charge < -0.3 is 4.74 Å². The van der Waals surface area contributed by atoms with Crippen molar-refractivity contribution in [1.82, 2.24) is 0 Å². The fraction of sp³-hybridized carbons (Fsp3) is 0.538. The highest BCUT2D eigenvalue weighted by molar-refractivity contribution is 9.11. The van der Waals surface area contributed by atoms with Crippen LogP contribution in [-0.2, 0) is 4.74 Å². The number of allylic oxidation sites excluding steroid dienone is 3. The Morgan fingerprint density at radius 2 is 2.07 bits per heavy atom. The second-order valence-corrected chi connectivity index (χ2v) is 4.00. The summed E-state index contributed by atoms with van der Waals surface area (Å²) in [5.74, 6) is 1.51. The molecule has 0 rings (SSSR count). The van der Waals surface area contributed by atoms with Gasteiger partial charge in [0.05, 0.1) is 0 Å². The summed E-state index contributed by atoms with van der Waals surface area (Å²) in [6.45, 7) is 7.91. The van der Waals surface area contributed by atoms with Crippen LogP contribution in [0.2, 0.25) is 0 Å². The van der Waals surface area contributed by atoms with Gasteiger partial charge in [0, 0.05) is 4.99 Å². The Hall–Kier alpha value is -0.500. The fourth-order valence-electron chi connectivity index (χ4n) is 1.17. The van der Waals surface area contributed by atoms with E-state index < -0.39 is 0 Å². The molecule has 0 unspecified atom stereocenters. The lowest BCUT2D eigenvalue weighted by Crippen LogP contribution is -1.84. The Kier molecular flexibility index (Phi) is 9.70. The van der Waals surface area contributed by atoms with Gasteiger partial charge in [0.2, 0.25) is 0 Å². The molecule has 0 aromatic heterocycles. The average Bonchev–Trinajstić information content (AvgIpc) is 2.23. The van der Waals surface area contributed by atoms with E-state index in [1.807, 2.05) is 13.0 Å². The lowest BCUT2D eigenvalue weighted by atomic mass is 10.1. The summed E-state index contributed by atoms with van der Waals surface area (Å²) in [6, 6.07) is 0. The molecule has 0 saturated carbocycles. The summed E-state index contributed by atoms with van der Waals surface area (Å²) in [6.07, 6.45) is 10.4. The SMILES string of the molecule is C=C(/C=C/CCCCCC)O/C(C)=C\Br. The molecule has 0 heterocycles. The molecule has 0 aliphatic carbocycles. The summed E-state index contributed by atoms with van der Waals surface area (Å²) in [5, 5.41) is 0. The van der Waals surface area contributed by atoms with Gasteiger partial charge in [-0.2, -0.15) is 0 Å². The van der Waals surface area contributed by atoms with Crippen LogP contribution in [0.5, 0.6) is 0 Å². The summed E-state index contributed by atoms with van der Waals surface area (Å²) in [4.78, 5) is 1.74. The van der Waals surface area contributed by atoms with Gasteiger partial charge in [-0.1, -0.05) is 54.8 Å². The van der Waals surface area contributed by atoms with Crippen LogP contribution in [0.4, 0.5) is 0 Å². The van der Waals surface area contributed by atoms with Crippen molar-refractivity contribution < 1.29 is 4.74 Å². The lowest BCUT2D eigenvalue weighted by molar-refractivity contribution is 0.325. The minimum Gasteiger partial charge on any atom is -0.462 e. The van der Waals surface area contributed by atoms with Crippen LogP contribution in [0.3, 0.4) is 0 Å². The van der Waals surface area contributed by atoms with Crippen LogP contribution in [0.25, 0.3) is 0 Å². The van der Waals surface area contributed by atoms with Gasteiger partial charge >= 0.3 is 0 Å². The van der Waals surface area contributed by atoms with E-state index in [4.69, 9.17) is 4.74 Å². The largest absolute Gasteiger partial charge is 0.462 e. The molecule has 0 atom stereocenters. The molecule has 0 aliphatic rings. The molecule has 0 aromatic carbocycles. The molecule has 0 radical (unpaired) electrons. The zero-order valence-electron chi connectivity index (χ0n) is 9.76. The van der Waals surface area contributed by atoms with Crippen LogP contribution in [0.15, 0.2) is 35.2 Å². The normalized spacial score (nSPS) is 12.1. The third-order valence-electron chi connectivity index (χ3n) is 1.97. The van der Waals surface area contributed by atoms with E-state index in [2.05, 4.69) is 35.5 Å². The molecule has 0 N–H and O–H groups in total.